The molecule has 0 saturated carbocycles. The first-order chi connectivity index (χ1) is 11.3. The van der Waals surface area contributed by atoms with Crippen LogP contribution in [0.3, 0.4) is 0 Å². The van der Waals surface area contributed by atoms with E-state index in [-0.39, 0.29) is 0 Å². The molecule has 0 unspecified atom stereocenters. The normalized spacial score (nSPS) is 10.8. The Kier molecular flexibility index (Phi) is 3.44. The van der Waals surface area contributed by atoms with Gasteiger partial charge in [-0.1, -0.05) is 35.9 Å². The summed E-state index contributed by atoms with van der Waals surface area (Å²) >= 11 is 5.87. The fourth-order valence-electron chi connectivity index (χ4n) is 2.43. The quantitative estimate of drug-likeness (QED) is 0.417. The van der Waals surface area contributed by atoms with Gasteiger partial charge in [0.1, 0.15) is 0 Å². The van der Waals surface area contributed by atoms with Crippen molar-refractivity contribution in [2.45, 2.75) is 0 Å². The van der Waals surface area contributed by atoms with Crippen molar-refractivity contribution in [3.05, 3.63) is 71.9 Å². The van der Waals surface area contributed by atoms with E-state index in [2.05, 4.69) is 33.0 Å². The van der Waals surface area contributed by atoms with E-state index in [9.17, 15) is 0 Å². The van der Waals surface area contributed by atoms with Gasteiger partial charge in [0.15, 0.2) is 5.82 Å². The second kappa shape index (κ2) is 5.74. The maximum absolute atomic E-state index is 5.87. The molecule has 0 aliphatic heterocycles. The Hall–Kier alpha value is -2.85. The predicted octanol–water partition coefficient (Wildman–Crippen LogP) is 4.88. The van der Waals surface area contributed by atoms with Crippen molar-refractivity contribution in [2.75, 3.05) is 10.9 Å². The minimum absolute atomic E-state index is 0.655. The van der Waals surface area contributed by atoms with Gasteiger partial charge in [-0.3, -0.25) is 15.8 Å². The van der Waals surface area contributed by atoms with Crippen LogP contribution in [-0.4, -0.2) is 9.97 Å². The number of hydrogen-bond acceptors (Lipinski definition) is 4. The van der Waals surface area contributed by atoms with Crippen LogP contribution in [-0.2, 0) is 0 Å². The SMILES string of the molecule is Clc1ccc(NNc2cnc3cc4ccccc4cc3n2)cc1. The lowest BCUT2D eigenvalue weighted by molar-refractivity contribution is 1.25. The summed E-state index contributed by atoms with van der Waals surface area (Å²) in [5.41, 5.74) is 8.76. The van der Waals surface area contributed by atoms with Crippen LogP contribution in [0.4, 0.5) is 11.5 Å². The van der Waals surface area contributed by atoms with Gasteiger partial charge in [0.25, 0.3) is 0 Å². The molecule has 112 valence electrons. The van der Waals surface area contributed by atoms with Gasteiger partial charge in [0.05, 0.1) is 22.9 Å². The minimum atomic E-state index is 0.655. The van der Waals surface area contributed by atoms with Crippen molar-refractivity contribution < 1.29 is 0 Å². The van der Waals surface area contributed by atoms with Gasteiger partial charge < -0.3 is 0 Å². The molecule has 1 aromatic heterocycles. The molecule has 0 spiro atoms. The van der Waals surface area contributed by atoms with Gasteiger partial charge in [0.2, 0.25) is 0 Å². The molecule has 0 aliphatic rings. The highest BCUT2D eigenvalue weighted by atomic mass is 35.5. The van der Waals surface area contributed by atoms with Crippen LogP contribution >= 0.6 is 11.6 Å². The van der Waals surface area contributed by atoms with Gasteiger partial charge >= 0.3 is 0 Å². The number of hydrazine groups is 1. The molecule has 0 radical (unpaired) electrons. The Labute approximate surface area is 138 Å². The summed E-state index contributed by atoms with van der Waals surface area (Å²) in [5.74, 6) is 0.655. The first-order valence-electron chi connectivity index (χ1n) is 7.21. The Morgan fingerprint density at radius 3 is 2.22 bits per heavy atom. The third kappa shape index (κ3) is 2.89. The molecule has 0 saturated heterocycles. The third-order valence-corrected chi connectivity index (χ3v) is 3.84. The van der Waals surface area contributed by atoms with Crippen LogP contribution in [0.5, 0.6) is 0 Å². The second-order valence-corrected chi connectivity index (χ2v) is 5.64. The largest absolute Gasteiger partial charge is 0.300 e. The smallest absolute Gasteiger partial charge is 0.163 e. The van der Waals surface area contributed by atoms with E-state index >= 15 is 0 Å². The summed E-state index contributed by atoms with van der Waals surface area (Å²) < 4.78 is 0. The van der Waals surface area contributed by atoms with Gasteiger partial charge in [-0.15, -0.1) is 0 Å². The minimum Gasteiger partial charge on any atom is -0.300 e. The fraction of sp³-hybridized carbons (Fsp3) is 0. The van der Waals surface area contributed by atoms with Gasteiger partial charge in [-0.2, -0.15) is 0 Å². The zero-order valence-corrected chi connectivity index (χ0v) is 12.9. The first kappa shape index (κ1) is 13.8. The molecule has 1 heterocycles. The van der Waals surface area contributed by atoms with E-state index in [0.29, 0.717) is 10.8 Å². The number of anilines is 2. The standard InChI is InChI=1S/C18H13ClN4/c19-14-5-7-15(8-6-14)22-23-18-11-20-16-9-12-3-1-2-4-13(12)10-17(16)21-18/h1-11,22H,(H,21,23). The Balaban J connectivity index is 1.62. The Morgan fingerprint density at radius 2 is 1.48 bits per heavy atom. The highest BCUT2D eigenvalue weighted by molar-refractivity contribution is 6.30. The first-order valence-corrected chi connectivity index (χ1v) is 7.59. The van der Waals surface area contributed by atoms with Crippen LogP contribution in [0.1, 0.15) is 0 Å². The van der Waals surface area contributed by atoms with Crippen LogP contribution in [0.2, 0.25) is 5.02 Å². The number of hydrogen-bond donors (Lipinski definition) is 2. The summed E-state index contributed by atoms with van der Waals surface area (Å²) in [6.45, 7) is 0. The molecule has 0 bridgehead atoms. The highest BCUT2D eigenvalue weighted by Crippen LogP contribution is 2.21. The molecule has 0 amide bonds. The average Bonchev–Trinajstić information content (AvgIpc) is 2.59. The molecule has 4 aromatic rings. The van der Waals surface area contributed by atoms with Crippen LogP contribution < -0.4 is 10.9 Å². The van der Waals surface area contributed by atoms with E-state index in [1.807, 2.05) is 48.5 Å². The highest BCUT2D eigenvalue weighted by Gasteiger charge is 2.02. The van der Waals surface area contributed by atoms with Crippen LogP contribution in [0.15, 0.2) is 66.9 Å². The van der Waals surface area contributed by atoms with Crippen molar-refractivity contribution in [3.8, 4) is 0 Å². The van der Waals surface area contributed by atoms with Crippen molar-refractivity contribution in [1.82, 2.24) is 9.97 Å². The van der Waals surface area contributed by atoms with E-state index in [0.717, 1.165) is 27.5 Å². The number of aromatic nitrogens is 2. The zero-order chi connectivity index (χ0) is 15.6. The molecule has 4 rings (SSSR count). The Morgan fingerprint density at radius 1 is 0.783 bits per heavy atom. The zero-order valence-electron chi connectivity index (χ0n) is 12.1. The lowest BCUT2D eigenvalue weighted by atomic mass is 10.1. The van der Waals surface area contributed by atoms with Crippen molar-refractivity contribution >= 4 is 44.9 Å². The summed E-state index contributed by atoms with van der Waals surface area (Å²) in [4.78, 5) is 9.07. The van der Waals surface area contributed by atoms with Crippen LogP contribution in [0, 0.1) is 0 Å². The van der Waals surface area contributed by atoms with Crippen molar-refractivity contribution in [3.63, 3.8) is 0 Å². The van der Waals surface area contributed by atoms with E-state index in [1.165, 1.54) is 0 Å². The average molecular weight is 321 g/mol. The predicted molar refractivity (Wildman–Crippen MR) is 95.7 cm³/mol. The third-order valence-electron chi connectivity index (χ3n) is 3.59. The lowest BCUT2D eigenvalue weighted by Crippen LogP contribution is -2.10. The molecule has 0 aliphatic carbocycles. The van der Waals surface area contributed by atoms with Gasteiger partial charge in [-0.25, -0.2) is 4.98 Å². The van der Waals surface area contributed by atoms with Crippen LogP contribution in [0.25, 0.3) is 21.8 Å². The second-order valence-electron chi connectivity index (χ2n) is 5.20. The number of nitrogens with one attached hydrogen (secondary N) is 2. The lowest BCUT2D eigenvalue weighted by Gasteiger charge is -2.09. The van der Waals surface area contributed by atoms with E-state index in [4.69, 9.17) is 11.6 Å². The molecule has 4 nitrogen and oxygen atoms in total. The number of nitrogens with zero attached hydrogens (tertiary/aromatic N) is 2. The fourth-order valence-corrected chi connectivity index (χ4v) is 2.55. The number of halogens is 1. The monoisotopic (exact) mass is 320 g/mol. The topological polar surface area (TPSA) is 49.8 Å². The Bertz CT molecular complexity index is 983. The molecule has 0 fully saturated rings. The molecule has 3 aromatic carbocycles. The van der Waals surface area contributed by atoms with Crippen molar-refractivity contribution in [1.29, 1.82) is 0 Å². The number of rotatable bonds is 3. The van der Waals surface area contributed by atoms with E-state index in [1.54, 1.807) is 6.20 Å². The van der Waals surface area contributed by atoms with Gasteiger partial charge in [-0.05, 0) is 47.2 Å². The number of benzene rings is 3. The maximum Gasteiger partial charge on any atom is 0.163 e. The summed E-state index contributed by atoms with van der Waals surface area (Å²) in [5, 5.41) is 3.01. The summed E-state index contributed by atoms with van der Waals surface area (Å²) in [7, 11) is 0. The van der Waals surface area contributed by atoms with E-state index < -0.39 is 0 Å². The molecule has 2 N–H and O–H groups in total. The molecular formula is C18H13ClN4. The summed E-state index contributed by atoms with van der Waals surface area (Å²) in [6.07, 6.45) is 1.71. The molecule has 0 atom stereocenters. The molecule has 23 heavy (non-hydrogen) atoms. The maximum atomic E-state index is 5.87. The number of fused-ring (bicyclic) bond motifs is 2. The molecule has 5 heteroatoms. The summed E-state index contributed by atoms with van der Waals surface area (Å²) in [6, 6.07) is 19.7. The van der Waals surface area contributed by atoms with Crippen molar-refractivity contribution in [2.24, 2.45) is 0 Å². The van der Waals surface area contributed by atoms with Gasteiger partial charge in [0, 0.05) is 5.02 Å². The molecular weight excluding hydrogens is 308 g/mol.